The van der Waals surface area contributed by atoms with Gasteiger partial charge in [0.25, 0.3) is 10.0 Å². The van der Waals surface area contributed by atoms with Gasteiger partial charge in [-0.2, -0.15) is 0 Å². The number of nitrogens with zero attached hydrogens (tertiary/aromatic N) is 1. The van der Waals surface area contributed by atoms with Gasteiger partial charge >= 0.3 is 51.4 Å². The van der Waals surface area contributed by atoms with E-state index in [0.29, 0.717) is 0 Å². The predicted octanol–water partition coefficient (Wildman–Crippen LogP) is -0.709. The molecule has 1 heterocycles. The van der Waals surface area contributed by atoms with Crippen LogP contribution in [0.2, 0.25) is 5.02 Å². The zero-order valence-electron chi connectivity index (χ0n) is 8.08. The number of benzene rings is 1. The molecule has 94 valence electrons. The van der Waals surface area contributed by atoms with Crippen LogP contribution < -0.4 is 9.86 Å². The standard InChI is InChI=1S/C7H6ClN3O4S2.K.H/c8-4-1-5-7(2-6(4)16(9,12)13)17(14,15)11-3-10-5;;/h1-3H,(H,10,11)(H2,9,12,13);;. The molecule has 0 saturated carbocycles. The first-order valence-electron chi connectivity index (χ1n) is 4.13. The van der Waals surface area contributed by atoms with E-state index < -0.39 is 24.9 Å². The summed E-state index contributed by atoms with van der Waals surface area (Å²) in [5.41, 5.74) is 0.0566. The molecule has 0 saturated heterocycles. The third kappa shape index (κ3) is 3.14. The first-order chi connectivity index (χ1) is 7.72. The zero-order chi connectivity index (χ0) is 12.8. The second-order valence-electron chi connectivity index (χ2n) is 3.17. The van der Waals surface area contributed by atoms with Crippen LogP contribution in [0, 0.1) is 0 Å². The van der Waals surface area contributed by atoms with E-state index in [2.05, 4.69) is 4.99 Å². The topological polar surface area (TPSA) is 119 Å². The van der Waals surface area contributed by atoms with Crippen LogP contribution in [0.5, 0.6) is 0 Å². The molecule has 7 nitrogen and oxygen atoms in total. The van der Waals surface area contributed by atoms with Gasteiger partial charge in [0.05, 0.1) is 10.7 Å². The Labute approximate surface area is 151 Å². The summed E-state index contributed by atoms with van der Waals surface area (Å²) < 4.78 is 47.6. The Bertz CT molecular complexity index is 729. The van der Waals surface area contributed by atoms with Gasteiger partial charge in [-0.1, -0.05) is 11.6 Å². The Morgan fingerprint density at radius 1 is 1.33 bits per heavy atom. The average Bonchev–Trinajstić information content (AvgIpc) is 2.13. The number of rotatable bonds is 1. The summed E-state index contributed by atoms with van der Waals surface area (Å²) in [6, 6.07) is 2.01. The van der Waals surface area contributed by atoms with Crippen LogP contribution in [-0.2, 0) is 20.0 Å². The van der Waals surface area contributed by atoms with Gasteiger partial charge < -0.3 is 0 Å². The Balaban J connectivity index is 0.00000162. The molecule has 1 aromatic rings. The van der Waals surface area contributed by atoms with Crippen molar-refractivity contribution in [2.75, 3.05) is 0 Å². The Hall–Kier alpha value is 0.476. The van der Waals surface area contributed by atoms with Crippen LogP contribution in [0.3, 0.4) is 0 Å². The molecule has 0 fully saturated rings. The minimum absolute atomic E-state index is 0. The van der Waals surface area contributed by atoms with Gasteiger partial charge in [-0.05, 0) is 12.1 Å². The van der Waals surface area contributed by atoms with Gasteiger partial charge in [-0.3, -0.25) is 4.72 Å². The molecule has 11 heteroatoms. The molecule has 1 aromatic carbocycles. The van der Waals surface area contributed by atoms with Crippen LogP contribution in [0.1, 0.15) is 0 Å². The Morgan fingerprint density at radius 2 is 1.94 bits per heavy atom. The van der Waals surface area contributed by atoms with E-state index in [9.17, 15) is 16.8 Å². The van der Waals surface area contributed by atoms with Gasteiger partial charge in [0, 0.05) is 0 Å². The summed E-state index contributed by atoms with van der Waals surface area (Å²) in [6.45, 7) is 0. The van der Waals surface area contributed by atoms with Crippen LogP contribution in [0.15, 0.2) is 26.9 Å². The SMILES string of the molecule is NS(=O)(=O)c1cc2c(cc1Cl)N=CNS2(=O)=O.[KH]. The van der Waals surface area contributed by atoms with E-state index in [1.807, 2.05) is 4.72 Å². The fourth-order valence-electron chi connectivity index (χ4n) is 1.29. The van der Waals surface area contributed by atoms with Gasteiger partial charge in [0.2, 0.25) is 10.0 Å². The molecule has 0 spiro atoms. The van der Waals surface area contributed by atoms with Crippen molar-refractivity contribution >= 4 is 95.1 Å². The Kier molecular flexibility index (Phi) is 5.01. The number of nitrogens with one attached hydrogen (secondary N) is 1. The van der Waals surface area contributed by atoms with Crippen LogP contribution in [0.4, 0.5) is 5.69 Å². The third-order valence-electron chi connectivity index (χ3n) is 2.02. The molecule has 18 heavy (non-hydrogen) atoms. The van der Waals surface area contributed by atoms with Gasteiger partial charge in [0.1, 0.15) is 16.1 Å². The van der Waals surface area contributed by atoms with Gasteiger partial charge in [0.15, 0.2) is 0 Å². The molecule has 0 amide bonds. The number of hydrogen-bond acceptors (Lipinski definition) is 5. The molecule has 3 N–H and O–H groups in total. The van der Waals surface area contributed by atoms with Crippen molar-refractivity contribution in [1.29, 1.82) is 0 Å². The summed E-state index contributed by atoms with van der Waals surface area (Å²) in [4.78, 5) is 3.00. The van der Waals surface area contributed by atoms with Crippen LogP contribution >= 0.6 is 11.6 Å². The van der Waals surface area contributed by atoms with Crippen LogP contribution in [-0.4, -0.2) is 74.6 Å². The number of nitrogens with two attached hydrogens (primary N) is 1. The van der Waals surface area contributed by atoms with Crippen molar-refractivity contribution in [2.45, 2.75) is 9.79 Å². The number of halogens is 1. The molecular formula is C7H7ClKN3O4S2. The monoisotopic (exact) mass is 335 g/mol. The van der Waals surface area contributed by atoms with Gasteiger partial charge in [-0.25, -0.2) is 27.0 Å². The van der Waals surface area contributed by atoms with Crippen molar-refractivity contribution in [3.05, 3.63) is 17.2 Å². The van der Waals surface area contributed by atoms with Crippen molar-refractivity contribution in [3.8, 4) is 0 Å². The molecule has 0 unspecified atom stereocenters. The number of hydrogen-bond donors (Lipinski definition) is 2. The maximum absolute atomic E-state index is 11.6. The van der Waals surface area contributed by atoms with E-state index in [0.717, 1.165) is 18.5 Å². The van der Waals surface area contributed by atoms with Gasteiger partial charge in [-0.15, -0.1) is 0 Å². The first kappa shape index (κ1) is 16.5. The molecule has 1 aliphatic rings. The summed E-state index contributed by atoms with van der Waals surface area (Å²) in [7, 11) is -7.91. The zero-order valence-corrected chi connectivity index (χ0v) is 10.5. The summed E-state index contributed by atoms with van der Waals surface area (Å²) in [5.74, 6) is 0. The molecule has 2 rings (SSSR count). The third-order valence-corrected chi connectivity index (χ3v) is 4.72. The molecular weight excluding hydrogens is 329 g/mol. The fraction of sp³-hybridized carbons (Fsp3) is 0. The Morgan fingerprint density at radius 3 is 2.50 bits per heavy atom. The summed E-state index contributed by atoms with van der Waals surface area (Å²) in [5, 5.41) is 4.73. The molecule has 0 radical (unpaired) electrons. The van der Waals surface area contributed by atoms with E-state index in [1.54, 1.807) is 0 Å². The quantitative estimate of drug-likeness (QED) is 0.659. The number of fused-ring (bicyclic) bond motifs is 1. The van der Waals surface area contributed by atoms with E-state index >= 15 is 0 Å². The number of primary sulfonamides is 1. The normalized spacial score (nSPS) is 16.3. The second-order valence-corrected chi connectivity index (χ2v) is 6.79. The molecule has 0 bridgehead atoms. The van der Waals surface area contributed by atoms with Crippen molar-refractivity contribution in [2.24, 2.45) is 10.1 Å². The molecule has 0 aliphatic carbocycles. The van der Waals surface area contributed by atoms with Crippen molar-refractivity contribution < 1.29 is 16.8 Å². The van der Waals surface area contributed by atoms with E-state index in [-0.39, 0.29) is 67.0 Å². The van der Waals surface area contributed by atoms with Crippen LogP contribution in [0.25, 0.3) is 0 Å². The summed E-state index contributed by atoms with van der Waals surface area (Å²) >= 11 is 5.69. The van der Waals surface area contributed by atoms with E-state index in [4.69, 9.17) is 16.7 Å². The number of aliphatic imine (C=N–C) groups is 1. The van der Waals surface area contributed by atoms with E-state index in [1.165, 1.54) is 0 Å². The average molecular weight is 336 g/mol. The van der Waals surface area contributed by atoms with Crippen molar-refractivity contribution in [1.82, 2.24) is 4.72 Å². The molecule has 1 aliphatic heterocycles. The van der Waals surface area contributed by atoms with Crippen molar-refractivity contribution in [3.63, 3.8) is 0 Å². The number of sulfonamides is 2. The molecule has 0 aromatic heterocycles. The second kappa shape index (κ2) is 5.46. The molecule has 0 atom stereocenters. The first-order valence-corrected chi connectivity index (χ1v) is 7.54. The summed E-state index contributed by atoms with van der Waals surface area (Å²) in [6.07, 6.45) is 0.977. The maximum atomic E-state index is 11.6. The predicted molar refractivity (Wildman–Crippen MR) is 68.4 cm³/mol. The fourth-order valence-corrected chi connectivity index (χ4v) is 3.43. The minimum atomic E-state index is -4.09.